The Hall–Kier alpha value is -2.57. The average Bonchev–Trinajstić information content (AvgIpc) is 2.74. The van der Waals surface area contributed by atoms with Gasteiger partial charge in [0.15, 0.2) is 0 Å². The van der Waals surface area contributed by atoms with E-state index in [1.807, 2.05) is 12.1 Å². The highest BCUT2D eigenvalue weighted by Crippen LogP contribution is 2.42. The number of benzene rings is 1. The molecule has 7 N–H and O–H groups in total. The molecule has 0 aliphatic carbocycles. The second-order valence-electron chi connectivity index (χ2n) is 6.58. The van der Waals surface area contributed by atoms with Crippen molar-refractivity contribution in [3.63, 3.8) is 0 Å². The molecule has 1 fully saturated rings. The SMILES string of the molecule is N#CC1=C(N)NC(S[C@@H]2O[C@H](CO)[C@H](O)[C@H](O)[C@H]2O)=C(C#N)C1c1ccccc1. The first-order valence-corrected chi connectivity index (χ1v) is 9.64. The van der Waals surface area contributed by atoms with Crippen molar-refractivity contribution in [1.29, 1.82) is 10.5 Å². The number of nitrogens with zero attached hydrogens (tertiary/aromatic N) is 2. The monoisotopic (exact) mass is 416 g/mol. The number of nitrogens with one attached hydrogen (secondary N) is 1. The molecule has 1 aromatic rings. The van der Waals surface area contributed by atoms with Gasteiger partial charge in [-0.25, -0.2) is 0 Å². The third-order valence-electron chi connectivity index (χ3n) is 4.82. The Morgan fingerprint density at radius 2 is 1.69 bits per heavy atom. The number of allylic oxidation sites excluding steroid dienone is 2. The Kier molecular flexibility index (Phi) is 6.45. The molecule has 6 atom stereocenters. The maximum absolute atomic E-state index is 10.3. The first-order chi connectivity index (χ1) is 13.9. The molecule has 0 bridgehead atoms. The van der Waals surface area contributed by atoms with Gasteiger partial charge in [-0.15, -0.1) is 0 Å². The van der Waals surface area contributed by atoms with Crippen molar-refractivity contribution >= 4 is 11.8 Å². The third-order valence-corrected chi connectivity index (χ3v) is 6.00. The van der Waals surface area contributed by atoms with E-state index in [1.165, 1.54) is 0 Å². The maximum atomic E-state index is 10.3. The Bertz CT molecular complexity index is 905. The van der Waals surface area contributed by atoms with Crippen molar-refractivity contribution in [1.82, 2.24) is 5.32 Å². The van der Waals surface area contributed by atoms with Crippen molar-refractivity contribution in [3.8, 4) is 12.1 Å². The fourth-order valence-electron chi connectivity index (χ4n) is 3.28. The zero-order valence-electron chi connectivity index (χ0n) is 15.1. The molecule has 0 aromatic heterocycles. The number of aliphatic hydroxyl groups is 4. The molecule has 0 saturated carbocycles. The minimum Gasteiger partial charge on any atom is -0.394 e. The van der Waals surface area contributed by atoms with Crippen LogP contribution in [0.4, 0.5) is 0 Å². The van der Waals surface area contributed by atoms with Gasteiger partial charge in [0.25, 0.3) is 0 Å². The molecule has 0 amide bonds. The Morgan fingerprint density at radius 3 is 2.28 bits per heavy atom. The molecule has 1 unspecified atom stereocenters. The van der Waals surface area contributed by atoms with E-state index in [9.17, 15) is 30.9 Å². The highest BCUT2D eigenvalue weighted by molar-refractivity contribution is 8.03. The molecule has 2 aliphatic heterocycles. The molecule has 0 radical (unpaired) electrons. The van der Waals surface area contributed by atoms with Gasteiger partial charge in [-0.1, -0.05) is 42.1 Å². The van der Waals surface area contributed by atoms with Crippen LogP contribution in [0.2, 0.25) is 0 Å². The van der Waals surface area contributed by atoms with Gasteiger partial charge in [0.2, 0.25) is 0 Å². The molecule has 1 aromatic carbocycles. The van der Waals surface area contributed by atoms with Crippen LogP contribution in [0.15, 0.2) is 52.3 Å². The number of nitriles is 2. The zero-order chi connectivity index (χ0) is 21.1. The normalized spacial score (nSPS) is 32.3. The summed E-state index contributed by atoms with van der Waals surface area (Å²) in [5.41, 5.74) is 6.01. The number of dihydropyridines is 1. The van der Waals surface area contributed by atoms with Crippen LogP contribution in [-0.4, -0.2) is 56.9 Å². The highest BCUT2D eigenvalue weighted by Gasteiger charge is 2.45. The Labute approximate surface area is 171 Å². The van der Waals surface area contributed by atoms with E-state index in [0.717, 1.165) is 11.8 Å². The summed E-state index contributed by atoms with van der Waals surface area (Å²) in [4.78, 5) is 0. The van der Waals surface area contributed by atoms with Crippen LogP contribution in [0, 0.1) is 22.7 Å². The van der Waals surface area contributed by atoms with E-state index in [2.05, 4.69) is 11.4 Å². The van der Waals surface area contributed by atoms with E-state index in [0.29, 0.717) is 5.56 Å². The number of rotatable bonds is 4. The molecular formula is C19H20N4O5S. The van der Waals surface area contributed by atoms with Gasteiger partial charge in [0.1, 0.15) is 35.7 Å². The van der Waals surface area contributed by atoms with Crippen LogP contribution in [0.3, 0.4) is 0 Å². The number of thioether (sulfide) groups is 1. The predicted molar refractivity (Wildman–Crippen MR) is 103 cm³/mol. The second-order valence-corrected chi connectivity index (χ2v) is 7.69. The summed E-state index contributed by atoms with van der Waals surface area (Å²) in [5, 5.41) is 62.0. The summed E-state index contributed by atoms with van der Waals surface area (Å²) in [6.07, 6.45) is -5.58. The molecule has 1 saturated heterocycles. The Balaban J connectivity index is 1.99. The molecule has 2 aliphatic rings. The lowest BCUT2D eigenvalue weighted by atomic mass is 9.84. The number of aliphatic hydroxyl groups excluding tert-OH is 4. The number of hydrogen-bond donors (Lipinski definition) is 6. The number of ether oxygens (including phenoxy) is 1. The minimum atomic E-state index is -1.54. The van der Waals surface area contributed by atoms with Crippen LogP contribution in [0.1, 0.15) is 11.5 Å². The lowest BCUT2D eigenvalue weighted by Crippen LogP contribution is -2.57. The molecule has 152 valence electrons. The summed E-state index contributed by atoms with van der Waals surface area (Å²) in [7, 11) is 0. The zero-order valence-corrected chi connectivity index (χ0v) is 16.0. The van der Waals surface area contributed by atoms with Crippen LogP contribution >= 0.6 is 11.8 Å². The molecule has 3 rings (SSSR count). The number of nitrogens with two attached hydrogens (primary N) is 1. The van der Waals surface area contributed by atoms with Crippen molar-refractivity contribution in [3.05, 3.63) is 57.9 Å². The summed E-state index contributed by atoms with van der Waals surface area (Å²) < 4.78 is 5.50. The smallest absolute Gasteiger partial charge is 0.138 e. The second kappa shape index (κ2) is 8.84. The molecular weight excluding hydrogens is 396 g/mol. The number of hydrogen-bond acceptors (Lipinski definition) is 10. The van der Waals surface area contributed by atoms with E-state index in [4.69, 9.17) is 10.5 Å². The van der Waals surface area contributed by atoms with Gasteiger partial charge in [-0.3, -0.25) is 0 Å². The van der Waals surface area contributed by atoms with Crippen molar-refractivity contribution in [2.24, 2.45) is 5.73 Å². The highest BCUT2D eigenvalue weighted by atomic mass is 32.2. The van der Waals surface area contributed by atoms with Gasteiger partial charge in [-0.2, -0.15) is 10.5 Å². The summed E-state index contributed by atoms with van der Waals surface area (Å²) in [6.45, 7) is -0.563. The molecule has 0 spiro atoms. The van der Waals surface area contributed by atoms with Crippen LogP contribution < -0.4 is 11.1 Å². The quantitative estimate of drug-likeness (QED) is 0.369. The molecule has 10 heteroatoms. The lowest BCUT2D eigenvalue weighted by Gasteiger charge is -2.40. The average molecular weight is 416 g/mol. The minimum absolute atomic E-state index is 0.0624. The first kappa shape index (κ1) is 21.1. The van der Waals surface area contributed by atoms with E-state index in [-0.39, 0.29) is 22.0 Å². The topological polar surface area (TPSA) is 176 Å². The summed E-state index contributed by atoms with van der Waals surface area (Å²) >= 11 is 0.890. The molecule has 29 heavy (non-hydrogen) atoms. The summed E-state index contributed by atoms with van der Waals surface area (Å²) in [5.74, 6) is -0.646. The lowest BCUT2D eigenvalue weighted by molar-refractivity contribution is -0.205. The van der Waals surface area contributed by atoms with Crippen molar-refractivity contribution in [2.75, 3.05) is 6.61 Å². The van der Waals surface area contributed by atoms with Gasteiger partial charge in [0.05, 0.1) is 40.8 Å². The maximum Gasteiger partial charge on any atom is 0.138 e. The van der Waals surface area contributed by atoms with E-state index in [1.54, 1.807) is 24.3 Å². The van der Waals surface area contributed by atoms with Crippen LogP contribution in [0.5, 0.6) is 0 Å². The predicted octanol–water partition coefficient (Wildman–Crippen LogP) is -0.664. The van der Waals surface area contributed by atoms with Gasteiger partial charge in [0, 0.05) is 0 Å². The standard InChI is InChI=1S/C19H20N4O5S/c20-6-10-13(9-4-2-1-3-5-9)11(7-21)18(23-17(10)22)29-19-16(27)15(26)14(25)12(8-24)28-19/h1-5,12-16,19,23-27H,8,22H2/t12-,13?,14+,15+,16-,19+/m1/s1. The van der Waals surface area contributed by atoms with Gasteiger partial charge in [-0.05, 0) is 5.56 Å². The fraction of sp³-hybridized carbons (Fsp3) is 0.368. The largest absolute Gasteiger partial charge is 0.394 e. The van der Waals surface area contributed by atoms with Gasteiger partial charge >= 0.3 is 0 Å². The third kappa shape index (κ3) is 3.95. The van der Waals surface area contributed by atoms with Crippen LogP contribution in [0.25, 0.3) is 0 Å². The van der Waals surface area contributed by atoms with Crippen molar-refractivity contribution in [2.45, 2.75) is 35.8 Å². The van der Waals surface area contributed by atoms with Gasteiger partial charge < -0.3 is 36.2 Å². The molecule has 2 heterocycles. The van der Waals surface area contributed by atoms with Crippen LogP contribution in [-0.2, 0) is 4.74 Å². The summed E-state index contributed by atoms with van der Waals surface area (Å²) in [6, 6.07) is 13.0. The first-order valence-electron chi connectivity index (χ1n) is 8.76. The molecule has 9 nitrogen and oxygen atoms in total. The fourth-order valence-corrected chi connectivity index (χ4v) is 4.47. The van der Waals surface area contributed by atoms with E-state index < -0.39 is 42.4 Å². The Morgan fingerprint density at radius 1 is 1.03 bits per heavy atom. The van der Waals surface area contributed by atoms with Crippen molar-refractivity contribution < 1.29 is 25.2 Å². The van der Waals surface area contributed by atoms with E-state index >= 15 is 0 Å².